The van der Waals surface area contributed by atoms with Gasteiger partial charge in [-0.3, -0.25) is 0 Å². The maximum Gasteiger partial charge on any atom is 0.322 e. The van der Waals surface area contributed by atoms with Crippen LogP contribution in [0.25, 0.3) is 0 Å². The van der Waals surface area contributed by atoms with Crippen LogP contribution in [0.3, 0.4) is 0 Å². The second-order valence-corrected chi connectivity index (χ2v) is 5.60. The van der Waals surface area contributed by atoms with E-state index in [0.29, 0.717) is 17.5 Å². The standard InChI is InChI=1S/C15H18N4O/c1-10-6-12-8-17-9-14(12)19(10)15(20)18-13-4-2-11(7-16)3-5-13/h2-5,10,12,14,17H,6,8-9H2,1H3,(H,18,20). The van der Waals surface area contributed by atoms with Crippen molar-refractivity contribution in [2.24, 2.45) is 5.92 Å². The Morgan fingerprint density at radius 3 is 2.85 bits per heavy atom. The summed E-state index contributed by atoms with van der Waals surface area (Å²) in [5, 5.41) is 15.0. The monoisotopic (exact) mass is 270 g/mol. The lowest BCUT2D eigenvalue weighted by atomic mass is 10.0. The van der Waals surface area contributed by atoms with E-state index in [0.717, 1.165) is 25.2 Å². The Hall–Kier alpha value is -2.06. The fourth-order valence-corrected chi connectivity index (χ4v) is 3.33. The van der Waals surface area contributed by atoms with Gasteiger partial charge < -0.3 is 15.5 Å². The van der Waals surface area contributed by atoms with Crippen LogP contribution in [-0.2, 0) is 0 Å². The average molecular weight is 270 g/mol. The molecule has 5 heteroatoms. The molecule has 3 rings (SSSR count). The van der Waals surface area contributed by atoms with Crippen LogP contribution in [0.15, 0.2) is 24.3 Å². The number of likely N-dealkylation sites (tertiary alicyclic amines) is 1. The van der Waals surface area contributed by atoms with Crippen molar-refractivity contribution >= 4 is 11.7 Å². The van der Waals surface area contributed by atoms with Gasteiger partial charge in [-0.05, 0) is 43.5 Å². The maximum atomic E-state index is 12.4. The van der Waals surface area contributed by atoms with Gasteiger partial charge in [0.1, 0.15) is 0 Å². The molecule has 0 aromatic heterocycles. The first-order valence-corrected chi connectivity index (χ1v) is 6.99. The van der Waals surface area contributed by atoms with Gasteiger partial charge in [-0.25, -0.2) is 4.79 Å². The summed E-state index contributed by atoms with van der Waals surface area (Å²) in [7, 11) is 0. The molecule has 0 radical (unpaired) electrons. The molecule has 5 nitrogen and oxygen atoms in total. The molecule has 2 heterocycles. The number of nitriles is 1. The van der Waals surface area contributed by atoms with E-state index in [-0.39, 0.29) is 12.1 Å². The van der Waals surface area contributed by atoms with Crippen LogP contribution in [0.1, 0.15) is 18.9 Å². The van der Waals surface area contributed by atoms with E-state index in [2.05, 4.69) is 23.6 Å². The van der Waals surface area contributed by atoms with Gasteiger partial charge in [-0.15, -0.1) is 0 Å². The Morgan fingerprint density at radius 2 is 2.15 bits per heavy atom. The van der Waals surface area contributed by atoms with Crippen LogP contribution in [-0.4, -0.2) is 36.1 Å². The molecule has 2 aliphatic rings. The molecule has 0 bridgehead atoms. The first-order valence-electron chi connectivity index (χ1n) is 6.99. The number of nitrogens with zero attached hydrogens (tertiary/aromatic N) is 2. The van der Waals surface area contributed by atoms with Crippen LogP contribution in [0.5, 0.6) is 0 Å². The Balaban J connectivity index is 1.70. The normalized spacial score (nSPS) is 28.0. The van der Waals surface area contributed by atoms with Gasteiger partial charge in [0.05, 0.1) is 17.7 Å². The molecule has 2 aliphatic heterocycles. The molecule has 0 saturated carbocycles. The van der Waals surface area contributed by atoms with Crippen molar-refractivity contribution in [1.82, 2.24) is 10.2 Å². The molecule has 20 heavy (non-hydrogen) atoms. The molecule has 1 aromatic carbocycles. The third-order valence-corrected chi connectivity index (χ3v) is 4.28. The zero-order valence-electron chi connectivity index (χ0n) is 11.5. The number of carbonyl (C=O) groups is 1. The first-order chi connectivity index (χ1) is 9.69. The zero-order valence-corrected chi connectivity index (χ0v) is 11.5. The molecule has 2 fully saturated rings. The van der Waals surface area contributed by atoms with Gasteiger partial charge >= 0.3 is 6.03 Å². The number of urea groups is 1. The van der Waals surface area contributed by atoms with Crippen molar-refractivity contribution in [3.05, 3.63) is 29.8 Å². The highest BCUT2D eigenvalue weighted by Gasteiger charge is 2.44. The molecule has 3 unspecified atom stereocenters. The molecular formula is C15H18N4O. The fourth-order valence-electron chi connectivity index (χ4n) is 3.33. The number of carbonyl (C=O) groups excluding carboxylic acids is 1. The second kappa shape index (κ2) is 5.14. The van der Waals surface area contributed by atoms with E-state index in [1.165, 1.54) is 0 Å². The second-order valence-electron chi connectivity index (χ2n) is 5.60. The van der Waals surface area contributed by atoms with Crippen molar-refractivity contribution in [1.29, 1.82) is 5.26 Å². The van der Waals surface area contributed by atoms with Gasteiger partial charge in [-0.1, -0.05) is 0 Å². The number of benzene rings is 1. The molecule has 104 valence electrons. The first kappa shape index (κ1) is 12.9. The summed E-state index contributed by atoms with van der Waals surface area (Å²) in [6, 6.07) is 9.57. The van der Waals surface area contributed by atoms with E-state index >= 15 is 0 Å². The summed E-state index contributed by atoms with van der Waals surface area (Å²) >= 11 is 0. The Labute approximate surface area is 118 Å². The lowest BCUT2D eigenvalue weighted by Crippen LogP contribution is -2.45. The highest BCUT2D eigenvalue weighted by atomic mass is 16.2. The van der Waals surface area contributed by atoms with Gasteiger partial charge in [0, 0.05) is 24.8 Å². The number of rotatable bonds is 1. The number of amides is 2. The van der Waals surface area contributed by atoms with E-state index < -0.39 is 0 Å². The van der Waals surface area contributed by atoms with Crippen molar-refractivity contribution in [2.75, 3.05) is 18.4 Å². The number of anilines is 1. The molecule has 2 N–H and O–H groups in total. The van der Waals surface area contributed by atoms with Crippen LogP contribution < -0.4 is 10.6 Å². The Morgan fingerprint density at radius 1 is 1.40 bits per heavy atom. The molecule has 0 spiro atoms. The molecule has 1 aromatic rings. The quantitative estimate of drug-likeness (QED) is 0.817. The van der Waals surface area contributed by atoms with E-state index in [4.69, 9.17) is 5.26 Å². The summed E-state index contributed by atoms with van der Waals surface area (Å²) in [6.45, 7) is 4.00. The minimum Gasteiger partial charge on any atom is -0.317 e. The van der Waals surface area contributed by atoms with Crippen LogP contribution in [0.4, 0.5) is 10.5 Å². The summed E-state index contributed by atoms with van der Waals surface area (Å²) < 4.78 is 0. The lowest BCUT2D eigenvalue weighted by Gasteiger charge is -2.27. The van der Waals surface area contributed by atoms with E-state index in [1.54, 1.807) is 24.3 Å². The number of hydrogen-bond donors (Lipinski definition) is 2. The average Bonchev–Trinajstić information content (AvgIpc) is 2.99. The summed E-state index contributed by atoms with van der Waals surface area (Å²) in [6.07, 6.45) is 1.07. The number of fused-ring (bicyclic) bond motifs is 1. The lowest BCUT2D eigenvalue weighted by molar-refractivity contribution is 0.190. The summed E-state index contributed by atoms with van der Waals surface area (Å²) in [5.41, 5.74) is 1.33. The van der Waals surface area contributed by atoms with Crippen molar-refractivity contribution < 1.29 is 4.79 Å². The molecular weight excluding hydrogens is 252 g/mol. The summed E-state index contributed by atoms with van der Waals surface area (Å²) in [4.78, 5) is 14.4. The third kappa shape index (κ3) is 2.23. The van der Waals surface area contributed by atoms with Gasteiger partial charge in [0.2, 0.25) is 0 Å². The van der Waals surface area contributed by atoms with E-state index in [1.807, 2.05) is 4.90 Å². The summed E-state index contributed by atoms with van der Waals surface area (Å²) in [5.74, 6) is 0.580. The van der Waals surface area contributed by atoms with Gasteiger partial charge in [0.15, 0.2) is 0 Å². The largest absolute Gasteiger partial charge is 0.322 e. The van der Waals surface area contributed by atoms with E-state index in [9.17, 15) is 4.79 Å². The number of hydrogen-bond acceptors (Lipinski definition) is 3. The minimum absolute atomic E-state index is 0.0431. The third-order valence-electron chi connectivity index (χ3n) is 4.28. The predicted molar refractivity (Wildman–Crippen MR) is 76.2 cm³/mol. The van der Waals surface area contributed by atoms with Crippen LogP contribution in [0, 0.1) is 17.2 Å². The van der Waals surface area contributed by atoms with Crippen molar-refractivity contribution in [3.63, 3.8) is 0 Å². The molecule has 3 atom stereocenters. The Bertz CT molecular complexity index is 548. The topological polar surface area (TPSA) is 68.2 Å². The highest BCUT2D eigenvalue weighted by Crippen LogP contribution is 2.32. The van der Waals surface area contributed by atoms with Gasteiger partial charge in [0.25, 0.3) is 0 Å². The Kier molecular flexibility index (Phi) is 3.33. The number of nitrogens with one attached hydrogen (secondary N) is 2. The predicted octanol–water partition coefficient (Wildman–Crippen LogP) is 1.77. The van der Waals surface area contributed by atoms with Crippen molar-refractivity contribution in [3.8, 4) is 6.07 Å². The van der Waals surface area contributed by atoms with Crippen molar-refractivity contribution in [2.45, 2.75) is 25.4 Å². The molecule has 2 amide bonds. The highest BCUT2D eigenvalue weighted by molar-refractivity contribution is 5.90. The molecule has 2 saturated heterocycles. The smallest absolute Gasteiger partial charge is 0.317 e. The van der Waals surface area contributed by atoms with Crippen LogP contribution in [0.2, 0.25) is 0 Å². The SMILES string of the molecule is CC1CC2CNCC2N1C(=O)Nc1ccc(C#N)cc1. The minimum atomic E-state index is -0.0431. The molecule has 0 aliphatic carbocycles. The van der Waals surface area contributed by atoms with Crippen LogP contribution >= 0.6 is 0 Å². The van der Waals surface area contributed by atoms with Gasteiger partial charge in [-0.2, -0.15) is 5.26 Å². The fraction of sp³-hybridized carbons (Fsp3) is 0.467. The zero-order chi connectivity index (χ0) is 14.1. The maximum absolute atomic E-state index is 12.4.